The number of nitrogens with one attached hydrogen (secondary N) is 1. The average molecular weight is 364 g/mol. The Morgan fingerprint density at radius 2 is 1.39 bits per heavy atom. The molecule has 0 saturated heterocycles. The number of aromatic nitrogens is 1. The Morgan fingerprint density at radius 1 is 0.714 bits per heavy atom. The number of fused-ring (bicyclic) bond motifs is 2. The number of pyridine rings is 1. The van der Waals surface area contributed by atoms with Gasteiger partial charge in [-0.25, -0.2) is 0 Å². The van der Waals surface area contributed by atoms with Crippen molar-refractivity contribution >= 4 is 22.8 Å². The highest BCUT2D eigenvalue weighted by molar-refractivity contribution is 6.16. The first-order chi connectivity index (χ1) is 13.8. The minimum atomic E-state index is -0.186. The van der Waals surface area contributed by atoms with Gasteiger partial charge in [0.25, 0.3) is 5.91 Å². The molecule has 3 aromatic heterocycles. The molecule has 4 heteroatoms. The van der Waals surface area contributed by atoms with Crippen LogP contribution in [0.15, 0.2) is 95.7 Å². The van der Waals surface area contributed by atoms with Crippen molar-refractivity contribution in [3.05, 3.63) is 96.8 Å². The van der Waals surface area contributed by atoms with Gasteiger partial charge in [0.1, 0.15) is 11.2 Å². The van der Waals surface area contributed by atoms with Crippen molar-refractivity contribution in [2.24, 2.45) is 0 Å². The van der Waals surface area contributed by atoms with E-state index in [2.05, 4.69) is 22.4 Å². The van der Waals surface area contributed by atoms with E-state index in [-0.39, 0.29) is 5.91 Å². The van der Waals surface area contributed by atoms with Gasteiger partial charge in [0.05, 0.1) is 5.56 Å². The maximum absolute atomic E-state index is 13.0. The summed E-state index contributed by atoms with van der Waals surface area (Å²) >= 11 is 0. The fourth-order valence-corrected chi connectivity index (χ4v) is 3.45. The molecular formula is C24H16N2O2. The third-order valence-electron chi connectivity index (χ3n) is 4.79. The van der Waals surface area contributed by atoms with Crippen LogP contribution in [0.2, 0.25) is 0 Å². The van der Waals surface area contributed by atoms with Crippen molar-refractivity contribution in [2.75, 3.05) is 5.32 Å². The molecule has 2 aromatic carbocycles. The predicted molar refractivity (Wildman–Crippen MR) is 110 cm³/mol. The third-order valence-corrected chi connectivity index (χ3v) is 4.79. The largest absolute Gasteiger partial charge is 0.456 e. The van der Waals surface area contributed by atoms with E-state index in [0.717, 1.165) is 27.9 Å². The summed E-state index contributed by atoms with van der Waals surface area (Å²) < 4.78 is 5.75. The highest BCUT2D eigenvalue weighted by Gasteiger charge is 2.24. The Hall–Kier alpha value is -3.92. The molecule has 5 rings (SSSR count). The minimum absolute atomic E-state index is 0.186. The van der Waals surface area contributed by atoms with Gasteiger partial charge in [-0.15, -0.1) is 0 Å². The number of carbonyl (C=O) groups is 1. The van der Waals surface area contributed by atoms with Gasteiger partial charge >= 0.3 is 0 Å². The Kier molecular flexibility index (Phi) is 3.87. The third kappa shape index (κ3) is 2.81. The zero-order chi connectivity index (χ0) is 18.9. The lowest BCUT2D eigenvalue weighted by Gasteiger charge is -2.08. The van der Waals surface area contributed by atoms with Gasteiger partial charge in [-0.2, -0.15) is 0 Å². The molecule has 2 bridgehead atoms. The van der Waals surface area contributed by atoms with Crippen molar-refractivity contribution < 1.29 is 9.21 Å². The summed E-state index contributed by atoms with van der Waals surface area (Å²) in [6.07, 6.45) is 3.42. The summed E-state index contributed by atoms with van der Waals surface area (Å²) in [4.78, 5) is 17.1. The Bertz CT molecular complexity index is 1230. The number of hydrogen-bond acceptors (Lipinski definition) is 3. The molecule has 0 unspecified atom stereocenters. The molecule has 0 spiro atoms. The van der Waals surface area contributed by atoms with Gasteiger partial charge in [-0.3, -0.25) is 9.78 Å². The second kappa shape index (κ2) is 6.67. The molecule has 4 nitrogen and oxygen atoms in total. The van der Waals surface area contributed by atoms with E-state index in [4.69, 9.17) is 4.42 Å². The van der Waals surface area contributed by atoms with Crippen LogP contribution in [0.25, 0.3) is 33.4 Å². The number of hydrogen-bond donors (Lipinski definition) is 1. The van der Waals surface area contributed by atoms with Crippen LogP contribution in [0, 0.1) is 0 Å². The van der Waals surface area contributed by atoms with Gasteiger partial charge in [0, 0.05) is 23.6 Å². The molecule has 0 fully saturated rings. The summed E-state index contributed by atoms with van der Waals surface area (Å²) in [7, 11) is 0. The van der Waals surface area contributed by atoms with E-state index in [1.807, 2.05) is 66.7 Å². The van der Waals surface area contributed by atoms with Crippen LogP contribution in [0.1, 0.15) is 10.4 Å². The van der Waals surface area contributed by atoms with Gasteiger partial charge < -0.3 is 9.73 Å². The molecule has 1 N–H and O–H groups in total. The smallest absolute Gasteiger partial charge is 0.260 e. The lowest BCUT2D eigenvalue weighted by molar-refractivity contribution is 0.102. The van der Waals surface area contributed by atoms with E-state index in [1.165, 1.54) is 0 Å². The van der Waals surface area contributed by atoms with Crippen LogP contribution in [0.5, 0.6) is 0 Å². The first kappa shape index (κ1) is 16.3. The van der Waals surface area contributed by atoms with E-state index in [1.54, 1.807) is 12.4 Å². The first-order valence-corrected chi connectivity index (χ1v) is 9.02. The number of amides is 1. The summed E-state index contributed by atoms with van der Waals surface area (Å²) in [5.74, 6) is -0.186. The fourth-order valence-electron chi connectivity index (χ4n) is 3.45. The molecule has 5 aromatic rings. The monoisotopic (exact) mass is 364 g/mol. The van der Waals surface area contributed by atoms with E-state index >= 15 is 0 Å². The highest BCUT2D eigenvalue weighted by Crippen LogP contribution is 2.37. The molecular weight excluding hydrogens is 348 g/mol. The number of carbonyl (C=O) groups excluding carboxylic acids is 1. The summed E-state index contributed by atoms with van der Waals surface area (Å²) in [5.41, 5.74) is 6.53. The lowest BCUT2D eigenvalue weighted by atomic mass is 10.00. The molecule has 1 amide bonds. The van der Waals surface area contributed by atoms with Crippen molar-refractivity contribution in [3.8, 4) is 22.3 Å². The minimum Gasteiger partial charge on any atom is -0.456 e. The Labute approximate surface area is 161 Å². The van der Waals surface area contributed by atoms with Gasteiger partial charge in [0.2, 0.25) is 0 Å². The van der Waals surface area contributed by atoms with Gasteiger partial charge in [-0.05, 0) is 53.1 Å². The summed E-state index contributed by atoms with van der Waals surface area (Å²) in [6.45, 7) is 0. The summed E-state index contributed by atoms with van der Waals surface area (Å²) in [6, 6.07) is 25.4. The zero-order valence-electron chi connectivity index (χ0n) is 14.9. The molecule has 0 saturated carbocycles. The average Bonchev–Trinajstić information content (AvgIpc) is 3.37. The second-order valence-corrected chi connectivity index (χ2v) is 6.55. The molecule has 134 valence electrons. The molecule has 0 atom stereocenters. The highest BCUT2D eigenvalue weighted by atomic mass is 16.3. The van der Waals surface area contributed by atoms with E-state index < -0.39 is 0 Å². The van der Waals surface area contributed by atoms with Crippen molar-refractivity contribution in [1.29, 1.82) is 0 Å². The maximum Gasteiger partial charge on any atom is 0.260 e. The molecule has 0 aliphatic carbocycles. The lowest BCUT2D eigenvalue weighted by Crippen LogP contribution is -2.12. The van der Waals surface area contributed by atoms with Crippen LogP contribution >= 0.6 is 0 Å². The Morgan fingerprint density at radius 3 is 2.14 bits per heavy atom. The standard InChI is InChI=1S/C24H16N2O2/c27-24(26-19-8-6-17(7-9-19)16-4-2-1-3-5-16)23-21-11-10-20(28-21)22(23)18-12-14-25-15-13-18/h1-15H,(H,26,27). The molecule has 0 aliphatic rings. The number of benzene rings is 3. The van der Waals surface area contributed by atoms with Gasteiger partial charge in [-0.1, -0.05) is 42.5 Å². The first-order valence-electron chi connectivity index (χ1n) is 9.02. The fraction of sp³-hybridized carbons (Fsp3) is 0. The maximum atomic E-state index is 13.0. The van der Waals surface area contributed by atoms with Crippen LogP contribution in [0.3, 0.4) is 0 Å². The quantitative estimate of drug-likeness (QED) is 0.435. The molecule has 0 radical (unpaired) electrons. The van der Waals surface area contributed by atoms with E-state index in [0.29, 0.717) is 16.7 Å². The number of rotatable bonds is 4. The van der Waals surface area contributed by atoms with Crippen LogP contribution in [-0.2, 0) is 0 Å². The van der Waals surface area contributed by atoms with Crippen LogP contribution < -0.4 is 5.32 Å². The summed E-state index contributed by atoms with van der Waals surface area (Å²) in [5, 5.41) is 2.99. The topological polar surface area (TPSA) is 55.1 Å². The van der Waals surface area contributed by atoms with Crippen LogP contribution in [0.4, 0.5) is 5.69 Å². The molecule has 3 heterocycles. The number of furan rings is 2. The van der Waals surface area contributed by atoms with E-state index in [9.17, 15) is 4.79 Å². The zero-order valence-corrected chi connectivity index (χ0v) is 14.9. The number of nitrogens with zero attached hydrogens (tertiary/aromatic N) is 1. The van der Waals surface area contributed by atoms with Crippen LogP contribution in [-0.4, -0.2) is 10.9 Å². The van der Waals surface area contributed by atoms with Gasteiger partial charge in [0.15, 0.2) is 0 Å². The predicted octanol–water partition coefficient (Wildman–Crippen LogP) is 5.85. The number of anilines is 1. The SMILES string of the molecule is O=C(Nc1ccc(-c2ccccc2)cc1)c1c(-c2ccncc2)c2ccc1o2. The normalized spacial score (nSPS) is 11.0. The second-order valence-electron chi connectivity index (χ2n) is 6.55. The van der Waals surface area contributed by atoms with Crippen molar-refractivity contribution in [3.63, 3.8) is 0 Å². The van der Waals surface area contributed by atoms with Crippen molar-refractivity contribution in [1.82, 2.24) is 4.98 Å². The molecule has 0 aliphatic heterocycles. The van der Waals surface area contributed by atoms with Crippen molar-refractivity contribution in [2.45, 2.75) is 0 Å². The Balaban J connectivity index is 1.44. The molecule has 28 heavy (non-hydrogen) atoms.